The van der Waals surface area contributed by atoms with Gasteiger partial charge < -0.3 is 25.3 Å². The Hall–Kier alpha value is -5.07. The van der Waals surface area contributed by atoms with Crippen LogP contribution < -0.4 is 35.4 Å². The van der Waals surface area contributed by atoms with Crippen molar-refractivity contribution in [2.45, 2.75) is 38.3 Å². The number of nitrogens with zero attached hydrogens (tertiary/aromatic N) is 1. The SMILES string of the molecule is CCOc1ccc(CCNS(=O)(=O)c2cc(C3=NN[C@@H](Nc4ccc(OCC(N)=O)cc4)c4ccccc43)ccc2C)cc1OCC. The average Bonchev–Trinajstić information content (AvgIpc) is 3.06. The predicted octanol–water partition coefficient (Wildman–Crippen LogP) is 4.64. The molecule has 0 aromatic heterocycles. The molecule has 12 heteroatoms. The molecule has 0 bridgehead atoms. The first-order valence-corrected chi connectivity index (χ1v) is 16.9. The summed E-state index contributed by atoms with van der Waals surface area (Å²) >= 11 is 0. The highest BCUT2D eigenvalue weighted by Crippen LogP contribution is 2.30. The normalized spacial score (nSPS) is 13.9. The first-order valence-electron chi connectivity index (χ1n) is 15.4. The third kappa shape index (κ3) is 8.21. The first kappa shape index (κ1) is 33.3. The number of anilines is 1. The summed E-state index contributed by atoms with van der Waals surface area (Å²) in [4.78, 5) is 11.2. The van der Waals surface area contributed by atoms with Crippen LogP contribution >= 0.6 is 0 Å². The Balaban J connectivity index is 1.30. The van der Waals surface area contributed by atoms with Gasteiger partial charge in [0.25, 0.3) is 5.91 Å². The molecule has 4 aromatic rings. The molecule has 0 spiro atoms. The molecule has 11 nitrogen and oxygen atoms in total. The molecule has 1 aliphatic heterocycles. The topological polar surface area (TPSA) is 153 Å². The quantitative estimate of drug-likeness (QED) is 0.144. The number of rotatable bonds is 15. The van der Waals surface area contributed by atoms with Crippen molar-refractivity contribution in [3.63, 3.8) is 0 Å². The van der Waals surface area contributed by atoms with E-state index in [1.54, 1.807) is 31.2 Å². The summed E-state index contributed by atoms with van der Waals surface area (Å²) in [6, 6.07) is 25.9. The number of ether oxygens (including phenoxy) is 3. The van der Waals surface area contributed by atoms with E-state index in [4.69, 9.17) is 19.9 Å². The fourth-order valence-corrected chi connectivity index (χ4v) is 6.52. The van der Waals surface area contributed by atoms with Crippen LogP contribution in [0.3, 0.4) is 0 Å². The number of carbonyl (C=O) groups excluding carboxylic acids is 1. The van der Waals surface area contributed by atoms with Gasteiger partial charge in [0, 0.05) is 28.9 Å². The Bertz CT molecular complexity index is 1860. The molecule has 1 amide bonds. The number of hydrazone groups is 1. The zero-order chi connectivity index (χ0) is 33.4. The molecule has 5 rings (SSSR count). The van der Waals surface area contributed by atoms with Crippen LogP contribution in [0, 0.1) is 6.92 Å². The highest BCUT2D eigenvalue weighted by Gasteiger charge is 2.25. The van der Waals surface area contributed by atoms with Crippen LogP contribution in [0.2, 0.25) is 0 Å². The van der Waals surface area contributed by atoms with Crippen molar-refractivity contribution in [3.8, 4) is 17.2 Å². The first-order chi connectivity index (χ1) is 22.7. The van der Waals surface area contributed by atoms with Crippen LogP contribution in [0.5, 0.6) is 17.2 Å². The van der Waals surface area contributed by atoms with Crippen LogP contribution in [0.15, 0.2) is 94.9 Å². The van der Waals surface area contributed by atoms with Gasteiger partial charge in [0.15, 0.2) is 18.1 Å². The molecule has 1 aliphatic rings. The van der Waals surface area contributed by atoms with Crippen molar-refractivity contribution < 1.29 is 27.4 Å². The van der Waals surface area contributed by atoms with E-state index < -0.39 is 15.9 Å². The lowest BCUT2D eigenvalue weighted by molar-refractivity contribution is -0.119. The Kier molecular flexibility index (Phi) is 10.6. The van der Waals surface area contributed by atoms with Crippen molar-refractivity contribution in [3.05, 3.63) is 113 Å². The van der Waals surface area contributed by atoms with E-state index in [2.05, 4.69) is 20.6 Å². The second-order valence-corrected chi connectivity index (χ2v) is 12.5. The maximum Gasteiger partial charge on any atom is 0.255 e. The van der Waals surface area contributed by atoms with Crippen LogP contribution in [-0.2, 0) is 21.2 Å². The smallest absolute Gasteiger partial charge is 0.255 e. The van der Waals surface area contributed by atoms with E-state index in [0.29, 0.717) is 53.7 Å². The summed E-state index contributed by atoms with van der Waals surface area (Å²) < 4.78 is 46.5. The molecule has 47 heavy (non-hydrogen) atoms. The molecule has 0 saturated heterocycles. The Morgan fingerprint density at radius 2 is 1.66 bits per heavy atom. The second-order valence-electron chi connectivity index (χ2n) is 10.8. The lowest BCUT2D eigenvalue weighted by Crippen LogP contribution is -2.32. The molecule has 0 radical (unpaired) electrons. The summed E-state index contributed by atoms with van der Waals surface area (Å²) in [5, 5.41) is 8.09. The zero-order valence-electron chi connectivity index (χ0n) is 26.6. The Morgan fingerprint density at radius 3 is 2.40 bits per heavy atom. The van der Waals surface area contributed by atoms with Crippen molar-refractivity contribution in [2.75, 3.05) is 31.7 Å². The predicted molar refractivity (Wildman–Crippen MR) is 182 cm³/mol. The van der Waals surface area contributed by atoms with Crippen LogP contribution in [0.1, 0.15) is 47.8 Å². The van der Waals surface area contributed by atoms with E-state index in [1.165, 1.54) is 0 Å². The number of carbonyl (C=O) groups is 1. The van der Waals surface area contributed by atoms with E-state index in [9.17, 15) is 13.2 Å². The second kappa shape index (κ2) is 15.0. The van der Waals surface area contributed by atoms with Gasteiger partial charge in [0.05, 0.1) is 23.8 Å². The number of hydrogen-bond donors (Lipinski definition) is 4. The zero-order valence-corrected chi connectivity index (χ0v) is 27.4. The van der Waals surface area contributed by atoms with Crippen LogP contribution in [0.25, 0.3) is 0 Å². The van der Waals surface area contributed by atoms with Gasteiger partial charge in [-0.25, -0.2) is 13.1 Å². The number of aryl methyl sites for hydroxylation is 1. The Morgan fingerprint density at radius 1 is 0.915 bits per heavy atom. The van der Waals surface area contributed by atoms with E-state index >= 15 is 0 Å². The number of nitrogens with one attached hydrogen (secondary N) is 3. The van der Waals surface area contributed by atoms with Gasteiger partial charge in [-0.1, -0.05) is 42.5 Å². The van der Waals surface area contributed by atoms with Gasteiger partial charge >= 0.3 is 0 Å². The monoisotopic (exact) mass is 657 g/mol. The molecule has 0 unspecified atom stereocenters. The van der Waals surface area contributed by atoms with E-state index in [1.807, 2.05) is 74.5 Å². The molecular formula is C35H39N5O6S. The molecule has 0 fully saturated rings. The minimum absolute atomic E-state index is 0.191. The molecule has 0 saturated carbocycles. The van der Waals surface area contributed by atoms with Crippen molar-refractivity contribution >= 4 is 27.3 Å². The average molecular weight is 658 g/mol. The summed E-state index contributed by atoms with van der Waals surface area (Å²) in [5.41, 5.74) is 13.8. The minimum Gasteiger partial charge on any atom is -0.490 e. The largest absolute Gasteiger partial charge is 0.490 e. The summed E-state index contributed by atoms with van der Waals surface area (Å²) in [6.07, 6.45) is 0.125. The van der Waals surface area contributed by atoms with E-state index in [0.717, 1.165) is 22.4 Å². The third-order valence-electron chi connectivity index (χ3n) is 7.44. The van der Waals surface area contributed by atoms with Gasteiger partial charge in [-0.3, -0.25) is 10.2 Å². The number of amides is 1. The van der Waals surface area contributed by atoms with Gasteiger partial charge in [-0.15, -0.1) is 0 Å². The number of benzene rings is 4. The van der Waals surface area contributed by atoms with Crippen LogP contribution in [-0.4, -0.2) is 46.4 Å². The van der Waals surface area contributed by atoms with Crippen molar-refractivity contribution in [1.82, 2.24) is 10.1 Å². The number of hydrogen-bond acceptors (Lipinski definition) is 9. The number of primary amides is 1. The minimum atomic E-state index is -3.83. The van der Waals surface area contributed by atoms with E-state index in [-0.39, 0.29) is 24.2 Å². The molecule has 1 atom stereocenters. The van der Waals surface area contributed by atoms with Crippen molar-refractivity contribution in [1.29, 1.82) is 0 Å². The standard InChI is InChI=1S/C35H39N5O6S/c1-4-44-30-17-11-24(20-31(30)45-5-2)18-19-37-47(42,43)32-21-25(12-10-23(32)3)34-28-8-6-7-9-29(28)35(40-39-34)38-26-13-15-27(16-14-26)46-22-33(36)41/h6-17,20-21,35,37-38,40H,4-5,18-19,22H2,1-3H3,(H2,36,41)/t35-/m1/s1. The number of sulfonamides is 1. The molecular weight excluding hydrogens is 618 g/mol. The number of fused-ring (bicyclic) bond motifs is 1. The lowest BCUT2D eigenvalue weighted by Gasteiger charge is -2.28. The number of nitrogens with two attached hydrogens (primary N) is 1. The fourth-order valence-electron chi connectivity index (χ4n) is 5.22. The molecule has 4 aromatic carbocycles. The van der Waals surface area contributed by atoms with Gasteiger partial charge in [0.1, 0.15) is 11.9 Å². The third-order valence-corrected chi connectivity index (χ3v) is 9.05. The summed E-state index contributed by atoms with van der Waals surface area (Å²) in [5.74, 6) is 1.29. The fraction of sp³-hybridized carbons (Fsp3) is 0.257. The molecule has 246 valence electrons. The summed E-state index contributed by atoms with van der Waals surface area (Å²) in [7, 11) is -3.83. The molecule has 5 N–H and O–H groups in total. The maximum atomic E-state index is 13.5. The molecule has 1 heterocycles. The molecule has 0 aliphatic carbocycles. The van der Waals surface area contributed by atoms with Crippen molar-refractivity contribution in [2.24, 2.45) is 10.8 Å². The highest BCUT2D eigenvalue weighted by molar-refractivity contribution is 7.89. The van der Waals surface area contributed by atoms with Crippen LogP contribution in [0.4, 0.5) is 5.69 Å². The van der Waals surface area contributed by atoms with Gasteiger partial charge in [0.2, 0.25) is 10.0 Å². The maximum absolute atomic E-state index is 13.5. The Labute approximate surface area is 275 Å². The summed E-state index contributed by atoms with van der Waals surface area (Å²) in [6.45, 7) is 6.63. The van der Waals surface area contributed by atoms with Gasteiger partial charge in [-0.2, -0.15) is 5.10 Å². The van der Waals surface area contributed by atoms with Gasteiger partial charge in [-0.05, 0) is 80.8 Å². The lowest BCUT2D eigenvalue weighted by atomic mass is 9.94. The highest BCUT2D eigenvalue weighted by atomic mass is 32.2.